The van der Waals surface area contributed by atoms with Crippen molar-refractivity contribution in [2.24, 2.45) is 5.10 Å². The zero-order chi connectivity index (χ0) is 25.0. The van der Waals surface area contributed by atoms with Crippen molar-refractivity contribution in [1.82, 2.24) is 5.43 Å². The standard InChI is InChI=1S/C25H23ClN4O5/c1-2-34-22-13-17(11-12-21(22)35-16-23(31)28-19-8-4-3-5-9-19)15-27-30-25(33)24(32)29-20-10-6-7-18(26)14-20/h3-15H,2,16H2,1H3,(H,28,31)(H,29,32)(H,30,33)/b27-15-. The summed E-state index contributed by atoms with van der Waals surface area (Å²) in [6, 6.07) is 20.4. The fourth-order valence-corrected chi connectivity index (χ4v) is 3.01. The molecular weight excluding hydrogens is 472 g/mol. The summed E-state index contributed by atoms with van der Waals surface area (Å²) in [5.74, 6) is -1.39. The Balaban J connectivity index is 1.55. The van der Waals surface area contributed by atoms with Crippen molar-refractivity contribution in [3.05, 3.63) is 83.4 Å². The van der Waals surface area contributed by atoms with Crippen molar-refractivity contribution in [1.29, 1.82) is 0 Å². The molecule has 3 aromatic rings. The first-order chi connectivity index (χ1) is 16.9. The molecule has 0 bridgehead atoms. The number of nitrogens with one attached hydrogen (secondary N) is 3. The molecule has 3 N–H and O–H groups in total. The van der Waals surface area contributed by atoms with Crippen LogP contribution in [-0.2, 0) is 14.4 Å². The van der Waals surface area contributed by atoms with Crippen LogP contribution in [0.25, 0.3) is 0 Å². The Morgan fingerprint density at radius 2 is 1.63 bits per heavy atom. The second kappa shape index (κ2) is 12.8. The Morgan fingerprint density at radius 1 is 0.857 bits per heavy atom. The Bertz CT molecular complexity index is 1220. The lowest BCUT2D eigenvalue weighted by Gasteiger charge is -2.12. The number of benzene rings is 3. The zero-order valence-corrected chi connectivity index (χ0v) is 19.5. The van der Waals surface area contributed by atoms with E-state index in [-0.39, 0.29) is 12.5 Å². The number of hydrazone groups is 1. The molecule has 3 aromatic carbocycles. The molecule has 180 valence electrons. The third-order valence-electron chi connectivity index (χ3n) is 4.35. The first-order valence-corrected chi connectivity index (χ1v) is 11.0. The van der Waals surface area contributed by atoms with Gasteiger partial charge in [0.1, 0.15) is 0 Å². The highest BCUT2D eigenvalue weighted by atomic mass is 35.5. The summed E-state index contributed by atoms with van der Waals surface area (Å²) >= 11 is 5.86. The Hall–Kier alpha value is -4.37. The summed E-state index contributed by atoms with van der Waals surface area (Å²) in [4.78, 5) is 36.1. The van der Waals surface area contributed by atoms with Gasteiger partial charge in [-0.2, -0.15) is 5.10 Å². The van der Waals surface area contributed by atoms with Crippen LogP contribution in [0.15, 0.2) is 77.9 Å². The van der Waals surface area contributed by atoms with E-state index in [9.17, 15) is 14.4 Å². The fourth-order valence-electron chi connectivity index (χ4n) is 2.82. The van der Waals surface area contributed by atoms with Crippen LogP contribution in [0.4, 0.5) is 11.4 Å². The molecule has 0 fully saturated rings. The molecule has 0 aliphatic heterocycles. The van der Waals surface area contributed by atoms with Gasteiger partial charge in [0, 0.05) is 16.4 Å². The van der Waals surface area contributed by atoms with E-state index in [0.717, 1.165) is 0 Å². The van der Waals surface area contributed by atoms with Crippen LogP contribution >= 0.6 is 11.6 Å². The van der Waals surface area contributed by atoms with Gasteiger partial charge in [0.15, 0.2) is 18.1 Å². The molecule has 0 atom stereocenters. The number of halogens is 1. The Labute approximate surface area is 207 Å². The maximum atomic E-state index is 12.1. The van der Waals surface area contributed by atoms with E-state index in [1.165, 1.54) is 12.3 Å². The molecular formula is C25H23ClN4O5. The van der Waals surface area contributed by atoms with Crippen LogP contribution in [0, 0.1) is 0 Å². The minimum absolute atomic E-state index is 0.208. The Morgan fingerprint density at radius 3 is 2.37 bits per heavy atom. The summed E-state index contributed by atoms with van der Waals surface area (Å²) in [7, 11) is 0. The highest BCUT2D eigenvalue weighted by Crippen LogP contribution is 2.28. The number of nitrogens with zero attached hydrogens (tertiary/aromatic N) is 1. The second-order valence-electron chi connectivity index (χ2n) is 7.01. The van der Waals surface area contributed by atoms with Crippen LogP contribution in [0.5, 0.6) is 11.5 Å². The summed E-state index contributed by atoms with van der Waals surface area (Å²) in [6.45, 7) is 1.97. The molecule has 3 amide bonds. The fraction of sp³-hybridized carbons (Fsp3) is 0.120. The van der Waals surface area contributed by atoms with E-state index in [4.69, 9.17) is 21.1 Å². The van der Waals surface area contributed by atoms with Gasteiger partial charge in [-0.25, -0.2) is 5.43 Å². The van der Waals surface area contributed by atoms with Gasteiger partial charge >= 0.3 is 11.8 Å². The van der Waals surface area contributed by atoms with E-state index in [1.807, 2.05) is 25.1 Å². The molecule has 9 nitrogen and oxygen atoms in total. The number of hydrogen-bond acceptors (Lipinski definition) is 6. The lowest BCUT2D eigenvalue weighted by molar-refractivity contribution is -0.136. The molecule has 0 aliphatic rings. The number of amides is 3. The van der Waals surface area contributed by atoms with Gasteiger partial charge in [0.05, 0.1) is 12.8 Å². The van der Waals surface area contributed by atoms with Gasteiger partial charge in [0.2, 0.25) is 0 Å². The SMILES string of the molecule is CCOc1cc(/C=N\NC(=O)C(=O)Nc2cccc(Cl)c2)ccc1OCC(=O)Nc1ccccc1. The molecule has 0 spiro atoms. The average Bonchev–Trinajstić information content (AvgIpc) is 2.84. The second-order valence-corrected chi connectivity index (χ2v) is 7.44. The van der Waals surface area contributed by atoms with E-state index in [1.54, 1.807) is 48.5 Å². The number of ether oxygens (including phenoxy) is 2. The minimum atomic E-state index is -0.948. The molecule has 0 saturated carbocycles. The summed E-state index contributed by atoms with van der Waals surface area (Å²) in [5.41, 5.74) is 3.78. The van der Waals surface area contributed by atoms with Gasteiger partial charge < -0.3 is 20.1 Å². The minimum Gasteiger partial charge on any atom is -0.490 e. The van der Waals surface area contributed by atoms with E-state index in [2.05, 4.69) is 21.2 Å². The number of carbonyl (C=O) groups excluding carboxylic acids is 3. The first kappa shape index (κ1) is 25.3. The normalized spacial score (nSPS) is 10.5. The van der Waals surface area contributed by atoms with E-state index < -0.39 is 11.8 Å². The first-order valence-electron chi connectivity index (χ1n) is 10.6. The summed E-state index contributed by atoms with van der Waals surface area (Å²) < 4.78 is 11.2. The number of anilines is 2. The molecule has 0 unspecified atom stereocenters. The van der Waals surface area contributed by atoms with Gasteiger partial charge in [-0.05, 0) is 61.0 Å². The molecule has 35 heavy (non-hydrogen) atoms. The molecule has 0 saturated heterocycles. The third kappa shape index (κ3) is 8.17. The largest absolute Gasteiger partial charge is 0.490 e. The summed E-state index contributed by atoms with van der Waals surface area (Å²) in [6.07, 6.45) is 1.35. The number of carbonyl (C=O) groups is 3. The highest BCUT2D eigenvalue weighted by molar-refractivity contribution is 6.39. The van der Waals surface area contributed by atoms with Crippen LogP contribution < -0.4 is 25.5 Å². The topological polar surface area (TPSA) is 118 Å². The molecule has 0 aromatic heterocycles. The predicted octanol–water partition coefficient (Wildman–Crippen LogP) is 3.85. The maximum Gasteiger partial charge on any atom is 0.329 e. The van der Waals surface area contributed by atoms with Gasteiger partial charge in [-0.15, -0.1) is 0 Å². The quantitative estimate of drug-likeness (QED) is 0.237. The van der Waals surface area contributed by atoms with Crippen molar-refractivity contribution in [3.63, 3.8) is 0 Å². The molecule has 3 rings (SSSR count). The van der Waals surface area contributed by atoms with Gasteiger partial charge in [0.25, 0.3) is 5.91 Å². The molecule has 0 aliphatic carbocycles. The van der Waals surface area contributed by atoms with Crippen molar-refractivity contribution in [2.75, 3.05) is 23.8 Å². The van der Waals surface area contributed by atoms with E-state index >= 15 is 0 Å². The van der Waals surface area contributed by atoms with Crippen LogP contribution in [0.2, 0.25) is 5.02 Å². The number of rotatable bonds is 9. The van der Waals surface area contributed by atoms with Crippen LogP contribution in [0.1, 0.15) is 12.5 Å². The van der Waals surface area contributed by atoms with E-state index in [0.29, 0.717) is 40.1 Å². The third-order valence-corrected chi connectivity index (χ3v) is 4.59. The predicted molar refractivity (Wildman–Crippen MR) is 134 cm³/mol. The highest BCUT2D eigenvalue weighted by Gasteiger charge is 2.13. The Kier molecular flexibility index (Phi) is 9.21. The van der Waals surface area contributed by atoms with Crippen molar-refractivity contribution >= 4 is 46.9 Å². The van der Waals surface area contributed by atoms with Crippen LogP contribution in [0.3, 0.4) is 0 Å². The lowest BCUT2D eigenvalue weighted by atomic mass is 10.2. The van der Waals surface area contributed by atoms with Crippen molar-refractivity contribution in [3.8, 4) is 11.5 Å². The van der Waals surface area contributed by atoms with Gasteiger partial charge in [-0.3, -0.25) is 14.4 Å². The number of para-hydroxylation sites is 1. The monoisotopic (exact) mass is 494 g/mol. The lowest BCUT2D eigenvalue weighted by Crippen LogP contribution is -2.32. The molecule has 0 radical (unpaired) electrons. The number of hydrogen-bond donors (Lipinski definition) is 3. The maximum absolute atomic E-state index is 12.1. The summed E-state index contributed by atoms with van der Waals surface area (Å²) in [5, 5.41) is 9.39. The molecule has 0 heterocycles. The zero-order valence-electron chi connectivity index (χ0n) is 18.8. The van der Waals surface area contributed by atoms with Crippen LogP contribution in [-0.4, -0.2) is 37.1 Å². The smallest absolute Gasteiger partial charge is 0.329 e. The molecule has 10 heteroatoms. The average molecular weight is 495 g/mol. The van der Waals surface area contributed by atoms with Gasteiger partial charge in [-0.1, -0.05) is 35.9 Å². The van der Waals surface area contributed by atoms with Crippen molar-refractivity contribution < 1.29 is 23.9 Å². The van der Waals surface area contributed by atoms with Crippen molar-refractivity contribution in [2.45, 2.75) is 6.92 Å².